The van der Waals surface area contributed by atoms with Crippen LogP contribution in [0, 0.1) is 19.8 Å². The van der Waals surface area contributed by atoms with E-state index in [0.717, 1.165) is 37.1 Å². The molecule has 1 aliphatic heterocycles. The first kappa shape index (κ1) is 17.4. The molecule has 1 saturated heterocycles. The van der Waals surface area contributed by atoms with Crippen LogP contribution in [0.25, 0.3) is 0 Å². The Kier molecular flexibility index (Phi) is 4.97. The van der Waals surface area contributed by atoms with Crippen LogP contribution >= 0.6 is 0 Å². The van der Waals surface area contributed by atoms with Gasteiger partial charge in [-0.2, -0.15) is 5.10 Å². The fraction of sp³-hybridized carbons (Fsp3) is 0.778. The number of ether oxygens (including phenoxy) is 1. The number of amides is 1. The molecule has 134 valence electrons. The lowest BCUT2D eigenvalue weighted by Gasteiger charge is -2.42. The molecule has 1 saturated carbocycles. The number of rotatable bonds is 3. The summed E-state index contributed by atoms with van der Waals surface area (Å²) in [7, 11) is 0. The van der Waals surface area contributed by atoms with Crippen LogP contribution in [0.1, 0.15) is 44.0 Å². The normalized spacial score (nSPS) is 31.2. The number of hydrogen-bond donors (Lipinski definition) is 1. The van der Waals surface area contributed by atoms with Gasteiger partial charge in [-0.15, -0.1) is 0 Å². The van der Waals surface area contributed by atoms with Crippen LogP contribution < -0.4 is 5.73 Å². The maximum Gasteiger partial charge on any atom is 0.227 e. The van der Waals surface area contributed by atoms with Gasteiger partial charge < -0.3 is 15.4 Å². The number of nitrogens with zero attached hydrogens (tertiary/aromatic N) is 3. The number of nitrogens with two attached hydrogens (primary N) is 1. The van der Waals surface area contributed by atoms with E-state index in [0.29, 0.717) is 26.2 Å². The minimum Gasteiger partial charge on any atom is -0.373 e. The summed E-state index contributed by atoms with van der Waals surface area (Å²) in [6.07, 6.45) is 4.06. The summed E-state index contributed by atoms with van der Waals surface area (Å²) in [5.41, 5.74) is 8.18. The Balaban J connectivity index is 1.64. The molecule has 6 nitrogen and oxygen atoms in total. The highest BCUT2D eigenvalue weighted by molar-refractivity contribution is 5.80. The van der Waals surface area contributed by atoms with Crippen LogP contribution in [0.15, 0.2) is 6.07 Å². The van der Waals surface area contributed by atoms with E-state index in [1.807, 2.05) is 30.4 Å². The second kappa shape index (κ2) is 6.84. The first-order valence-corrected chi connectivity index (χ1v) is 9.07. The zero-order valence-electron chi connectivity index (χ0n) is 15.1. The lowest BCUT2D eigenvalue weighted by Crippen LogP contribution is -2.56. The van der Waals surface area contributed by atoms with Crippen molar-refractivity contribution >= 4 is 5.91 Å². The number of aromatic nitrogens is 2. The summed E-state index contributed by atoms with van der Waals surface area (Å²) in [5, 5.41) is 4.50. The Bertz CT molecular complexity index is 596. The molecule has 3 unspecified atom stereocenters. The molecule has 2 fully saturated rings. The minimum atomic E-state index is -0.376. The van der Waals surface area contributed by atoms with E-state index in [2.05, 4.69) is 11.2 Å². The van der Waals surface area contributed by atoms with Gasteiger partial charge in [0, 0.05) is 24.3 Å². The van der Waals surface area contributed by atoms with Gasteiger partial charge >= 0.3 is 0 Å². The van der Waals surface area contributed by atoms with Crippen molar-refractivity contribution in [1.82, 2.24) is 14.7 Å². The van der Waals surface area contributed by atoms with E-state index in [1.165, 1.54) is 0 Å². The third-order valence-electron chi connectivity index (χ3n) is 5.48. The molecule has 0 bridgehead atoms. The van der Waals surface area contributed by atoms with Crippen LogP contribution in [0.4, 0.5) is 0 Å². The number of carbonyl (C=O) groups excluding carboxylic acids is 1. The SMILES string of the molecule is Cc1cc(C)n(CC2CN(C(=O)C3CCCCC3(C)N)CCO2)n1. The first-order valence-electron chi connectivity index (χ1n) is 9.07. The predicted octanol–water partition coefficient (Wildman–Crippen LogP) is 1.63. The smallest absolute Gasteiger partial charge is 0.227 e. The molecule has 6 heteroatoms. The maximum absolute atomic E-state index is 13.0. The largest absolute Gasteiger partial charge is 0.373 e. The molecule has 3 rings (SSSR count). The van der Waals surface area contributed by atoms with Gasteiger partial charge in [0.2, 0.25) is 5.91 Å². The van der Waals surface area contributed by atoms with E-state index in [4.69, 9.17) is 10.5 Å². The highest BCUT2D eigenvalue weighted by Gasteiger charge is 2.40. The van der Waals surface area contributed by atoms with Crippen LogP contribution in [-0.2, 0) is 16.1 Å². The van der Waals surface area contributed by atoms with E-state index in [9.17, 15) is 4.79 Å². The van der Waals surface area contributed by atoms with Gasteiger partial charge in [-0.3, -0.25) is 9.48 Å². The van der Waals surface area contributed by atoms with E-state index in [-0.39, 0.29) is 23.5 Å². The molecular formula is C18H30N4O2. The Morgan fingerprint density at radius 2 is 2.25 bits per heavy atom. The van der Waals surface area contributed by atoms with Crippen LogP contribution in [-0.4, -0.2) is 51.9 Å². The molecule has 1 amide bonds. The highest BCUT2D eigenvalue weighted by Crippen LogP contribution is 2.33. The molecule has 2 N–H and O–H groups in total. The van der Waals surface area contributed by atoms with E-state index in [1.54, 1.807) is 0 Å². The third-order valence-corrected chi connectivity index (χ3v) is 5.48. The predicted molar refractivity (Wildman–Crippen MR) is 92.6 cm³/mol. The zero-order chi connectivity index (χ0) is 17.3. The quantitative estimate of drug-likeness (QED) is 0.912. The van der Waals surface area contributed by atoms with Gasteiger partial charge in [-0.25, -0.2) is 0 Å². The second-order valence-corrected chi connectivity index (χ2v) is 7.69. The molecular weight excluding hydrogens is 304 g/mol. The molecule has 1 aliphatic carbocycles. The van der Waals surface area contributed by atoms with Crippen molar-refractivity contribution in [1.29, 1.82) is 0 Å². The monoisotopic (exact) mass is 334 g/mol. The first-order chi connectivity index (χ1) is 11.4. The number of carbonyl (C=O) groups is 1. The lowest BCUT2D eigenvalue weighted by molar-refractivity contribution is -0.147. The highest BCUT2D eigenvalue weighted by atomic mass is 16.5. The standard InChI is InChI=1S/C18H30N4O2/c1-13-10-14(2)22(20-13)12-15-11-21(8-9-24-15)17(23)16-6-4-5-7-18(16,3)19/h10,15-16H,4-9,11-12,19H2,1-3H3. The minimum absolute atomic E-state index is 0.00618. The van der Waals surface area contributed by atoms with E-state index < -0.39 is 0 Å². The Morgan fingerprint density at radius 3 is 2.92 bits per heavy atom. The number of morpholine rings is 1. The number of aryl methyl sites for hydroxylation is 2. The molecule has 1 aromatic heterocycles. The fourth-order valence-electron chi connectivity index (χ4n) is 4.07. The lowest BCUT2D eigenvalue weighted by atomic mass is 9.74. The molecule has 0 spiro atoms. The van der Waals surface area contributed by atoms with Gasteiger partial charge in [-0.1, -0.05) is 12.8 Å². The van der Waals surface area contributed by atoms with Gasteiger partial charge in [0.15, 0.2) is 0 Å². The molecule has 3 atom stereocenters. The van der Waals surface area contributed by atoms with Crippen molar-refractivity contribution in [3.63, 3.8) is 0 Å². The van der Waals surface area contributed by atoms with E-state index >= 15 is 0 Å². The molecule has 1 aromatic rings. The maximum atomic E-state index is 13.0. The average Bonchev–Trinajstić information content (AvgIpc) is 2.84. The second-order valence-electron chi connectivity index (χ2n) is 7.69. The molecule has 2 aliphatic rings. The Morgan fingerprint density at radius 1 is 1.46 bits per heavy atom. The van der Waals surface area contributed by atoms with Crippen molar-refractivity contribution in [2.75, 3.05) is 19.7 Å². The summed E-state index contributed by atoms with van der Waals surface area (Å²) in [6, 6.07) is 2.06. The zero-order valence-corrected chi connectivity index (χ0v) is 15.1. The van der Waals surface area contributed by atoms with Crippen molar-refractivity contribution in [3.05, 3.63) is 17.5 Å². The fourth-order valence-corrected chi connectivity index (χ4v) is 4.07. The van der Waals surface area contributed by atoms with Gasteiger partial charge in [0.05, 0.1) is 30.9 Å². The average molecular weight is 334 g/mol. The van der Waals surface area contributed by atoms with Gasteiger partial charge in [-0.05, 0) is 39.7 Å². The summed E-state index contributed by atoms with van der Waals surface area (Å²) in [5.74, 6) is 0.153. The van der Waals surface area contributed by atoms with Crippen molar-refractivity contribution in [2.45, 2.75) is 64.6 Å². The third kappa shape index (κ3) is 3.64. The van der Waals surface area contributed by atoms with Crippen LogP contribution in [0.3, 0.4) is 0 Å². The summed E-state index contributed by atoms with van der Waals surface area (Å²) in [6.45, 7) is 8.64. The van der Waals surface area contributed by atoms with Crippen LogP contribution in [0.5, 0.6) is 0 Å². The summed E-state index contributed by atoms with van der Waals surface area (Å²) < 4.78 is 7.85. The van der Waals surface area contributed by atoms with Gasteiger partial charge in [0.1, 0.15) is 0 Å². The van der Waals surface area contributed by atoms with Crippen molar-refractivity contribution in [2.24, 2.45) is 11.7 Å². The summed E-state index contributed by atoms with van der Waals surface area (Å²) >= 11 is 0. The van der Waals surface area contributed by atoms with Crippen molar-refractivity contribution in [3.8, 4) is 0 Å². The van der Waals surface area contributed by atoms with Gasteiger partial charge in [0.25, 0.3) is 0 Å². The Hall–Kier alpha value is -1.40. The molecule has 0 radical (unpaired) electrons. The van der Waals surface area contributed by atoms with Crippen molar-refractivity contribution < 1.29 is 9.53 Å². The molecule has 0 aromatic carbocycles. The topological polar surface area (TPSA) is 73.4 Å². The van der Waals surface area contributed by atoms with Crippen LogP contribution in [0.2, 0.25) is 0 Å². The number of hydrogen-bond acceptors (Lipinski definition) is 4. The molecule has 24 heavy (non-hydrogen) atoms. The summed E-state index contributed by atoms with van der Waals surface area (Å²) in [4.78, 5) is 15.0. The molecule has 2 heterocycles. The Labute approximate surface area is 144 Å².